The molecule has 1 aromatic heterocycles. The van der Waals surface area contributed by atoms with Gasteiger partial charge in [-0.2, -0.15) is 0 Å². The highest BCUT2D eigenvalue weighted by Gasteiger charge is 2.18. The van der Waals surface area contributed by atoms with Gasteiger partial charge in [-0.3, -0.25) is 10.1 Å². The van der Waals surface area contributed by atoms with Crippen LogP contribution in [0.1, 0.15) is 6.42 Å². The minimum Gasteiger partial charge on any atom is -0.493 e. The number of benzene rings is 2. The molecule has 3 rings (SSSR count). The first-order valence-electron chi connectivity index (χ1n) is 8.76. The molecule has 0 saturated heterocycles. The second kappa shape index (κ2) is 9.83. The lowest BCUT2D eigenvalue weighted by Crippen LogP contribution is -2.12. The van der Waals surface area contributed by atoms with Crippen molar-refractivity contribution in [2.24, 2.45) is 0 Å². The summed E-state index contributed by atoms with van der Waals surface area (Å²) in [6, 6.07) is 13.3. The molecule has 29 heavy (non-hydrogen) atoms. The van der Waals surface area contributed by atoms with Crippen LogP contribution in [0.4, 0.5) is 6.01 Å². The average Bonchev–Trinajstić information content (AvgIpc) is 3.21. The summed E-state index contributed by atoms with van der Waals surface area (Å²) >= 11 is 1.61. The number of nitrogens with one attached hydrogen (secondary N) is 1. The van der Waals surface area contributed by atoms with Crippen molar-refractivity contribution in [1.29, 1.82) is 0 Å². The number of nitrogens with zero attached hydrogens (tertiary/aromatic N) is 2. The molecular weight excluding hydrogens is 394 g/mol. The highest BCUT2D eigenvalue weighted by molar-refractivity contribution is 7.99. The van der Waals surface area contributed by atoms with Gasteiger partial charge in [0.15, 0.2) is 11.5 Å². The number of anilines is 1. The lowest BCUT2D eigenvalue weighted by atomic mass is 10.2. The van der Waals surface area contributed by atoms with Crippen LogP contribution >= 0.6 is 11.8 Å². The van der Waals surface area contributed by atoms with Crippen molar-refractivity contribution in [3.8, 4) is 28.7 Å². The van der Waals surface area contributed by atoms with Crippen LogP contribution < -0.4 is 19.5 Å². The normalized spacial score (nSPS) is 10.4. The molecule has 0 aliphatic carbocycles. The van der Waals surface area contributed by atoms with Gasteiger partial charge < -0.3 is 18.6 Å². The smallest absolute Gasteiger partial charge is 0.322 e. The number of aromatic nitrogens is 2. The Morgan fingerprint density at radius 1 is 1.03 bits per heavy atom. The Balaban J connectivity index is 1.64. The van der Waals surface area contributed by atoms with Gasteiger partial charge in [0, 0.05) is 22.6 Å². The maximum atomic E-state index is 12.1. The SMILES string of the molecule is COc1cc(-c2nnc(NC(=O)CCSc3ccccc3)o2)cc(OC)c1OC. The average molecular weight is 415 g/mol. The van der Waals surface area contributed by atoms with E-state index in [-0.39, 0.29) is 17.8 Å². The number of amides is 1. The van der Waals surface area contributed by atoms with Gasteiger partial charge in [0.2, 0.25) is 17.5 Å². The van der Waals surface area contributed by atoms with Crippen LogP contribution in [0.3, 0.4) is 0 Å². The van der Waals surface area contributed by atoms with Crippen molar-refractivity contribution in [2.75, 3.05) is 32.4 Å². The maximum Gasteiger partial charge on any atom is 0.322 e. The van der Waals surface area contributed by atoms with Gasteiger partial charge in [0.05, 0.1) is 21.3 Å². The summed E-state index contributed by atoms with van der Waals surface area (Å²) in [5, 5.41) is 10.5. The zero-order valence-electron chi connectivity index (χ0n) is 16.3. The number of hydrogen-bond acceptors (Lipinski definition) is 8. The van der Waals surface area contributed by atoms with Gasteiger partial charge in [-0.05, 0) is 24.3 Å². The fourth-order valence-corrected chi connectivity index (χ4v) is 3.43. The summed E-state index contributed by atoms with van der Waals surface area (Å²) in [5.41, 5.74) is 0.576. The molecule has 1 N–H and O–H groups in total. The first-order chi connectivity index (χ1) is 14.1. The number of methoxy groups -OCH3 is 3. The molecular formula is C20H21N3O5S. The number of ether oxygens (including phenoxy) is 3. The maximum absolute atomic E-state index is 12.1. The van der Waals surface area contributed by atoms with Crippen molar-refractivity contribution in [2.45, 2.75) is 11.3 Å². The second-order valence-corrected chi connectivity index (χ2v) is 6.95. The molecule has 0 bridgehead atoms. The molecule has 3 aromatic rings. The summed E-state index contributed by atoms with van der Waals surface area (Å²) in [6.07, 6.45) is 0.321. The quantitative estimate of drug-likeness (QED) is 0.526. The highest BCUT2D eigenvalue weighted by atomic mass is 32.2. The van der Waals surface area contributed by atoms with Crippen LogP contribution in [-0.2, 0) is 4.79 Å². The van der Waals surface area contributed by atoms with E-state index < -0.39 is 0 Å². The molecule has 0 unspecified atom stereocenters. The third-order valence-corrected chi connectivity index (χ3v) is 4.94. The van der Waals surface area contributed by atoms with E-state index in [0.717, 1.165) is 4.90 Å². The second-order valence-electron chi connectivity index (χ2n) is 5.79. The topological polar surface area (TPSA) is 95.7 Å². The largest absolute Gasteiger partial charge is 0.493 e. The Kier molecular flexibility index (Phi) is 6.96. The molecule has 0 fully saturated rings. The van der Waals surface area contributed by atoms with Gasteiger partial charge in [-0.15, -0.1) is 16.9 Å². The molecule has 152 valence electrons. The Morgan fingerprint density at radius 3 is 2.34 bits per heavy atom. The van der Waals surface area contributed by atoms with E-state index in [2.05, 4.69) is 15.5 Å². The lowest BCUT2D eigenvalue weighted by molar-refractivity contribution is -0.115. The molecule has 1 amide bonds. The zero-order valence-corrected chi connectivity index (χ0v) is 17.1. The number of carbonyl (C=O) groups is 1. The minimum atomic E-state index is -0.200. The lowest BCUT2D eigenvalue weighted by Gasteiger charge is -2.12. The molecule has 0 saturated carbocycles. The van der Waals surface area contributed by atoms with Crippen LogP contribution in [-0.4, -0.2) is 43.2 Å². The molecule has 0 aliphatic heterocycles. The number of thioether (sulfide) groups is 1. The predicted octanol–water partition coefficient (Wildman–Crippen LogP) is 3.88. The van der Waals surface area contributed by atoms with Crippen molar-refractivity contribution < 1.29 is 23.4 Å². The van der Waals surface area contributed by atoms with E-state index in [1.54, 1.807) is 23.9 Å². The molecule has 8 nitrogen and oxygen atoms in total. The van der Waals surface area contributed by atoms with Crippen LogP contribution in [0.5, 0.6) is 17.2 Å². The number of rotatable bonds is 9. The third kappa shape index (κ3) is 5.20. The van der Waals surface area contributed by atoms with Crippen molar-refractivity contribution in [3.05, 3.63) is 42.5 Å². The molecule has 0 atom stereocenters. The van der Waals surface area contributed by atoms with Gasteiger partial charge in [-0.25, -0.2) is 0 Å². The molecule has 2 aromatic carbocycles. The van der Waals surface area contributed by atoms with Gasteiger partial charge in [0.25, 0.3) is 0 Å². The molecule has 0 radical (unpaired) electrons. The van der Waals surface area contributed by atoms with E-state index >= 15 is 0 Å². The summed E-state index contributed by atoms with van der Waals surface area (Å²) < 4.78 is 21.5. The van der Waals surface area contributed by atoms with Gasteiger partial charge >= 0.3 is 6.01 Å². The molecule has 9 heteroatoms. The van der Waals surface area contributed by atoms with Gasteiger partial charge in [0.1, 0.15) is 0 Å². The first kappa shape index (κ1) is 20.5. The van der Waals surface area contributed by atoms with E-state index in [0.29, 0.717) is 35.0 Å². The van der Waals surface area contributed by atoms with Gasteiger partial charge in [-0.1, -0.05) is 23.3 Å². The first-order valence-corrected chi connectivity index (χ1v) is 9.74. The Morgan fingerprint density at radius 2 is 1.72 bits per heavy atom. The number of hydrogen-bond donors (Lipinski definition) is 1. The fourth-order valence-electron chi connectivity index (χ4n) is 2.56. The van der Waals surface area contributed by atoms with Crippen molar-refractivity contribution in [3.63, 3.8) is 0 Å². The molecule has 0 spiro atoms. The van der Waals surface area contributed by atoms with Crippen LogP contribution in [0, 0.1) is 0 Å². The van der Waals surface area contributed by atoms with Crippen LogP contribution in [0.25, 0.3) is 11.5 Å². The van der Waals surface area contributed by atoms with E-state index in [1.165, 1.54) is 21.3 Å². The molecule has 0 aliphatic rings. The fraction of sp³-hybridized carbons (Fsp3) is 0.250. The monoisotopic (exact) mass is 415 g/mol. The Bertz CT molecular complexity index is 937. The number of carbonyl (C=O) groups excluding carboxylic acids is 1. The summed E-state index contributed by atoms with van der Waals surface area (Å²) in [6.45, 7) is 0. The molecule has 1 heterocycles. The van der Waals surface area contributed by atoms with Crippen molar-refractivity contribution in [1.82, 2.24) is 10.2 Å². The predicted molar refractivity (Wildman–Crippen MR) is 110 cm³/mol. The summed E-state index contributed by atoms with van der Waals surface area (Å²) in [7, 11) is 4.57. The van der Waals surface area contributed by atoms with E-state index in [4.69, 9.17) is 18.6 Å². The highest BCUT2D eigenvalue weighted by Crippen LogP contribution is 2.41. The van der Waals surface area contributed by atoms with Crippen LogP contribution in [0.2, 0.25) is 0 Å². The summed E-state index contributed by atoms with van der Waals surface area (Å²) in [5.74, 6) is 2.05. The Labute approximate surface area is 172 Å². The van der Waals surface area contributed by atoms with Crippen molar-refractivity contribution >= 4 is 23.7 Å². The van der Waals surface area contributed by atoms with E-state index in [9.17, 15) is 4.79 Å². The van der Waals surface area contributed by atoms with E-state index in [1.807, 2.05) is 30.3 Å². The summed E-state index contributed by atoms with van der Waals surface area (Å²) in [4.78, 5) is 13.2. The van der Waals surface area contributed by atoms with Crippen LogP contribution in [0.15, 0.2) is 51.8 Å². The standard InChI is InChI=1S/C20H21N3O5S/c1-25-15-11-13(12-16(26-2)18(15)27-3)19-22-23-20(28-19)21-17(24)9-10-29-14-7-5-4-6-8-14/h4-8,11-12H,9-10H2,1-3H3,(H,21,23,24). The Hall–Kier alpha value is -3.20. The minimum absolute atomic E-state index is 0.0310. The zero-order chi connectivity index (χ0) is 20.6. The third-order valence-electron chi connectivity index (χ3n) is 3.92.